The molecule has 0 radical (unpaired) electrons. The zero-order valence-electron chi connectivity index (χ0n) is 12.8. The molecule has 0 unspecified atom stereocenters. The van der Waals surface area contributed by atoms with E-state index in [1.54, 1.807) is 13.8 Å². The summed E-state index contributed by atoms with van der Waals surface area (Å²) in [4.78, 5) is -2.37. The van der Waals surface area contributed by atoms with Crippen LogP contribution in [0.2, 0.25) is 0 Å². The quantitative estimate of drug-likeness (QED) is 0.454. The summed E-state index contributed by atoms with van der Waals surface area (Å²) in [7, 11) is 2.92. The Kier molecular flexibility index (Phi) is 4.84. The van der Waals surface area contributed by atoms with Gasteiger partial charge in [-0.3, -0.25) is 0 Å². The molecule has 0 heterocycles. The maximum Gasteiger partial charge on any atom is 0.217 e. The Bertz CT molecular complexity index is 568. The molecule has 2 rings (SSSR count). The summed E-state index contributed by atoms with van der Waals surface area (Å²) in [5, 5.41) is 10.2. The van der Waals surface area contributed by atoms with Gasteiger partial charge >= 0.3 is 0 Å². The third kappa shape index (κ3) is 2.24. The van der Waals surface area contributed by atoms with E-state index in [9.17, 15) is 5.11 Å². The topological polar surface area (TPSA) is 38.7 Å². The highest BCUT2D eigenvalue weighted by Crippen LogP contribution is 2.72. The van der Waals surface area contributed by atoms with Crippen molar-refractivity contribution in [1.29, 1.82) is 0 Å². The summed E-state index contributed by atoms with van der Waals surface area (Å²) in [5.41, 5.74) is -1.08. The summed E-state index contributed by atoms with van der Waals surface area (Å²) >= 11 is 26.2. The fourth-order valence-corrected chi connectivity index (χ4v) is 5.45. The summed E-state index contributed by atoms with van der Waals surface area (Å²) in [6.45, 7) is 3.22. The first kappa shape index (κ1) is 18.7. The Morgan fingerprint density at radius 2 is 1.77 bits per heavy atom. The molecular formula is C15H18Cl4O3. The van der Waals surface area contributed by atoms with Gasteiger partial charge in [-0.05, 0) is 20.3 Å². The Hall–Kier alpha value is 0.340. The summed E-state index contributed by atoms with van der Waals surface area (Å²) in [6.07, 6.45) is 0.798. The van der Waals surface area contributed by atoms with Crippen LogP contribution < -0.4 is 0 Å². The molecule has 0 aromatic carbocycles. The minimum Gasteiger partial charge on any atom is -0.378 e. The first-order valence-electron chi connectivity index (χ1n) is 6.77. The predicted molar refractivity (Wildman–Crippen MR) is 89.4 cm³/mol. The number of alkyl halides is 2. The van der Waals surface area contributed by atoms with Crippen LogP contribution in [-0.2, 0) is 9.47 Å². The fourth-order valence-electron chi connectivity index (χ4n) is 3.37. The van der Waals surface area contributed by atoms with E-state index in [1.165, 1.54) is 14.2 Å². The van der Waals surface area contributed by atoms with E-state index in [2.05, 4.69) is 11.8 Å². The van der Waals surface area contributed by atoms with Gasteiger partial charge in [-0.25, -0.2) is 0 Å². The minimum absolute atomic E-state index is 0.226. The molecule has 22 heavy (non-hydrogen) atoms. The summed E-state index contributed by atoms with van der Waals surface area (Å²) in [6, 6.07) is 0. The number of aliphatic hydroxyl groups is 1. The maximum atomic E-state index is 9.69. The van der Waals surface area contributed by atoms with Crippen molar-refractivity contribution in [2.75, 3.05) is 14.2 Å². The zero-order chi connectivity index (χ0) is 17.0. The van der Waals surface area contributed by atoms with Crippen molar-refractivity contribution in [2.24, 2.45) is 5.92 Å². The average Bonchev–Trinajstić information content (AvgIpc) is 2.69. The van der Waals surface area contributed by atoms with Crippen LogP contribution in [-0.4, -0.2) is 40.5 Å². The lowest BCUT2D eigenvalue weighted by molar-refractivity contribution is -0.218. The van der Waals surface area contributed by atoms with Crippen LogP contribution in [0.1, 0.15) is 26.7 Å². The Morgan fingerprint density at radius 1 is 1.23 bits per heavy atom. The zero-order valence-corrected chi connectivity index (χ0v) is 15.8. The van der Waals surface area contributed by atoms with E-state index in [1.807, 2.05) is 0 Å². The van der Waals surface area contributed by atoms with Gasteiger partial charge in [-0.1, -0.05) is 35.0 Å². The van der Waals surface area contributed by atoms with Crippen molar-refractivity contribution >= 4 is 46.4 Å². The van der Waals surface area contributed by atoms with E-state index in [0.29, 0.717) is 12.8 Å². The lowest BCUT2D eigenvalue weighted by Crippen LogP contribution is -2.56. The van der Waals surface area contributed by atoms with Crippen LogP contribution in [0.4, 0.5) is 0 Å². The van der Waals surface area contributed by atoms with E-state index in [4.69, 9.17) is 55.9 Å². The van der Waals surface area contributed by atoms with E-state index in [0.717, 1.165) is 0 Å². The third-order valence-corrected chi connectivity index (χ3v) is 6.90. The van der Waals surface area contributed by atoms with Crippen molar-refractivity contribution < 1.29 is 14.6 Å². The van der Waals surface area contributed by atoms with Crippen LogP contribution in [0, 0.1) is 17.8 Å². The van der Waals surface area contributed by atoms with Gasteiger partial charge in [-0.15, -0.1) is 23.2 Å². The normalized spacial score (nSPS) is 36.5. The fraction of sp³-hybridized carbons (Fsp3) is 0.733. The highest BCUT2D eigenvalue weighted by Gasteiger charge is 2.80. The number of ether oxygens (including phenoxy) is 2. The number of hydrogen-bond acceptors (Lipinski definition) is 3. The van der Waals surface area contributed by atoms with Crippen molar-refractivity contribution in [1.82, 2.24) is 0 Å². The van der Waals surface area contributed by atoms with E-state index >= 15 is 0 Å². The van der Waals surface area contributed by atoms with Crippen molar-refractivity contribution in [3.05, 3.63) is 10.1 Å². The Labute approximate surface area is 150 Å². The molecule has 2 aliphatic carbocycles. The highest BCUT2D eigenvalue weighted by molar-refractivity contribution is 6.51. The summed E-state index contributed by atoms with van der Waals surface area (Å²) in [5.74, 6) is 4.11. The number of fused-ring (bicyclic) bond motifs is 2. The molecule has 0 aromatic heterocycles. The predicted octanol–water partition coefficient (Wildman–Crippen LogP) is 3.82. The molecule has 7 heteroatoms. The SMILES string of the molecule is COC1(OC)[C@]2(Cl)C[C@@H](CC#CC(C)(C)O)[C@@]1(Cl)C(Cl)=C2Cl. The van der Waals surface area contributed by atoms with Gasteiger partial charge in [-0.2, -0.15) is 0 Å². The second-order valence-corrected chi connectivity index (χ2v) is 8.13. The molecule has 0 aromatic rings. The van der Waals surface area contributed by atoms with Gasteiger partial charge in [0.2, 0.25) is 5.79 Å². The van der Waals surface area contributed by atoms with Crippen molar-refractivity contribution in [2.45, 2.75) is 47.8 Å². The third-order valence-electron chi connectivity index (χ3n) is 4.27. The number of halogens is 4. The second-order valence-electron chi connectivity index (χ2n) is 6.13. The molecule has 0 amide bonds. The molecule has 0 aliphatic heterocycles. The van der Waals surface area contributed by atoms with Gasteiger partial charge in [0, 0.05) is 26.6 Å². The molecule has 3 nitrogen and oxygen atoms in total. The van der Waals surface area contributed by atoms with Crippen LogP contribution in [0.3, 0.4) is 0 Å². The van der Waals surface area contributed by atoms with Gasteiger partial charge in [0.25, 0.3) is 0 Å². The van der Waals surface area contributed by atoms with Gasteiger partial charge < -0.3 is 14.6 Å². The van der Waals surface area contributed by atoms with Gasteiger partial charge in [0.1, 0.15) is 15.3 Å². The van der Waals surface area contributed by atoms with Crippen LogP contribution in [0.5, 0.6) is 0 Å². The smallest absolute Gasteiger partial charge is 0.217 e. The van der Waals surface area contributed by atoms with Crippen molar-refractivity contribution in [3.8, 4) is 11.8 Å². The Morgan fingerprint density at radius 3 is 2.18 bits per heavy atom. The van der Waals surface area contributed by atoms with Gasteiger partial charge in [0.15, 0.2) is 0 Å². The molecule has 1 fully saturated rings. The molecule has 0 saturated heterocycles. The molecule has 1 N–H and O–H groups in total. The minimum atomic E-state index is -1.36. The highest BCUT2D eigenvalue weighted by atomic mass is 35.5. The molecule has 124 valence electrons. The van der Waals surface area contributed by atoms with Crippen LogP contribution in [0.15, 0.2) is 10.1 Å². The molecular weight excluding hydrogens is 370 g/mol. The average molecular weight is 388 g/mol. The Balaban J connectivity index is 2.45. The first-order chi connectivity index (χ1) is 10.00. The molecule has 2 bridgehead atoms. The molecule has 2 aliphatic rings. The van der Waals surface area contributed by atoms with Crippen LogP contribution in [0.25, 0.3) is 0 Å². The number of hydrogen-bond donors (Lipinski definition) is 1. The number of methoxy groups -OCH3 is 2. The second kappa shape index (κ2) is 5.70. The lowest BCUT2D eigenvalue weighted by Gasteiger charge is -2.41. The van der Waals surface area contributed by atoms with E-state index < -0.39 is 21.1 Å². The monoisotopic (exact) mass is 386 g/mol. The molecule has 1 saturated carbocycles. The lowest BCUT2D eigenvalue weighted by atomic mass is 9.88. The number of rotatable bonds is 3. The maximum absolute atomic E-state index is 9.69. The standard InChI is InChI=1S/C15H18Cl4O3/c1-12(2,20)7-5-6-9-8-13(18)10(16)11(17)14(9,19)15(13,21-3)22-4/h9,20H,6,8H2,1-4H3/t9-,13+,14-/m1/s1. The van der Waals surface area contributed by atoms with Crippen molar-refractivity contribution in [3.63, 3.8) is 0 Å². The summed E-state index contributed by atoms with van der Waals surface area (Å²) < 4.78 is 11.1. The van der Waals surface area contributed by atoms with Crippen LogP contribution >= 0.6 is 46.4 Å². The molecule has 0 spiro atoms. The van der Waals surface area contributed by atoms with E-state index in [-0.39, 0.29) is 16.0 Å². The molecule has 3 atom stereocenters. The first-order valence-corrected chi connectivity index (χ1v) is 8.28. The van der Waals surface area contributed by atoms with Gasteiger partial charge in [0.05, 0.1) is 10.1 Å². The largest absolute Gasteiger partial charge is 0.378 e.